The van der Waals surface area contributed by atoms with Crippen LogP contribution in [0, 0.1) is 0 Å². The third-order valence-electron chi connectivity index (χ3n) is 2.63. The fourth-order valence-corrected chi connectivity index (χ4v) is 1.74. The van der Waals surface area contributed by atoms with E-state index in [1.807, 2.05) is 0 Å². The molecular formula is C13H14N2O4. The Balaban J connectivity index is 2.39. The average molecular weight is 262 g/mol. The topological polar surface area (TPSA) is 73.6 Å². The molecule has 2 aromatic rings. The predicted octanol–water partition coefficient (Wildman–Crippen LogP) is 1.52. The number of carboxylic acids is 1. The summed E-state index contributed by atoms with van der Waals surface area (Å²) in [6, 6.07) is 5.37. The van der Waals surface area contributed by atoms with Gasteiger partial charge in [0, 0.05) is 12.3 Å². The Morgan fingerprint density at radius 3 is 2.79 bits per heavy atom. The molecule has 1 aromatic heterocycles. The fraction of sp³-hybridized carbons (Fsp3) is 0.231. The Labute approximate surface area is 110 Å². The number of aromatic nitrogens is 2. The number of carbonyl (C=O) groups is 1. The molecule has 1 heterocycles. The zero-order chi connectivity index (χ0) is 13.8. The minimum absolute atomic E-state index is 0.112. The predicted molar refractivity (Wildman–Crippen MR) is 68.0 cm³/mol. The fourth-order valence-electron chi connectivity index (χ4n) is 1.74. The lowest BCUT2D eigenvalue weighted by molar-refractivity contribution is -0.136. The molecule has 6 heteroatoms. The summed E-state index contributed by atoms with van der Waals surface area (Å²) in [6.45, 7) is 0. The largest absolute Gasteiger partial charge is 0.497 e. The first-order valence-electron chi connectivity index (χ1n) is 5.61. The third kappa shape index (κ3) is 2.85. The standard InChI is InChI=1S/C13H14N2O4/c1-18-10-3-4-12(19-2)11(6-10)15-7-9(14-8-15)5-13(16)17/h3-4,6-8H,5H2,1-2H3,(H,16,17). The Morgan fingerprint density at radius 2 is 2.16 bits per heavy atom. The number of hydrogen-bond donors (Lipinski definition) is 1. The van der Waals surface area contributed by atoms with Crippen molar-refractivity contribution in [3.63, 3.8) is 0 Å². The summed E-state index contributed by atoms with van der Waals surface area (Å²) in [5.41, 5.74) is 1.23. The molecular weight excluding hydrogens is 248 g/mol. The van der Waals surface area contributed by atoms with Gasteiger partial charge >= 0.3 is 5.97 Å². The first kappa shape index (κ1) is 12.9. The van der Waals surface area contributed by atoms with Gasteiger partial charge in [-0.25, -0.2) is 4.98 Å². The minimum atomic E-state index is -0.914. The number of hydrogen-bond acceptors (Lipinski definition) is 4. The van der Waals surface area contributed by atoms with Crippen molar-refractivity contribution in [1.29, 1.82) is 0 Å². The van der Waals surface area contributed by atoms with E-state index in [0.717, 1.165) is 5.69 Å². The van der Waals surface area contributed by atoms with Gasteiger partial charge in [0.1, 0.15) is 11.5 Å². The molecule has 0 spiro atoms. The molecule has 0 amide bonds. The summed E-state index contributed by atoms with van der Waals surface area (Å²) >= 11 is 0. The van der Waals surface area contributed by atoms with Gasteiger partial charge in [-0.1, -0.05) is 0 Å². The summed E-state index contributed by atoms with van der Waals surface area (Å²) in [4.78, 5) is 14.7. The maximum absolute atomic E-state index is 10.6. The summed E-state index contributed by atoms with van der Waals surface area (Å²) < 4.78 is 12.1. The van der Waals surface area contributed by atoms with Gasteiger partial charge in [0.05, 0.1) is 38.3 Å². The van der Waals surface area contributed by atoms with Crippen molar-refractivity contribution < 1.29 is 19.4 Å². The molecule has 0 aliphatic heterocycles. The van der Waals surface area contributed by atoms with E-state index in [9.17, 15) is 4.79 Å². The first-order valence-corrected chi connectivity index (χ1v) is 5.61. The summed E-state index contributed by atoms with van der Waals surface area (Å²) in [6.07, 6.45) is 3.10. The minimum Gasteiger partial charge on any atom is -0.497 e. The molecule has 0 unspecified atom stereocenters. The van der Waals surface area contributed by atoms with Crippen LogP contribution in [0.15, 0.2) is 30.7 Å². The van der Waals surface area contributed by atoms with Crippen molar-refractivity contribution in [3.05, 3.63) is 36.4 Å². The molecule has 0 fully saturated rings. The molecule has 100 valence electrons. The van der Waals surface area contributed by atoms with E-state index >= 15 is 0 Å². The number of rotatable bonds is 5. The second-order valence-electron chi connectivity index (χ2n) is 3.88. The smallest absolute Gasteiger partial charge is 0.309 e. The maximum Gasteiger partial charge on any atom is 0.309 e. The van der Waals surface area contributed by atoms with Gasteiger partial charge in [0.15, 0.2) is 0 Å². The number of methoxy groups -OCH3 is 2. The maximum atomic E-state index is 10.6. The summed E-state index contributed by atoms with van der Waals surface area (Å²) in [5.74, 6) is 0.423. The molecule has 0 atom stereocenters. The van der Waals surface area contributed by atoms with E-state index in [2.05, 4.69) is 4.98 Å². The van der Waals surface area contributed by atoms with Crippen LogP contribution in [0.2, 0.25) is 0 Å². The zero-order valence-corrected chi connectivity index (χ0v) is 10.7. The molecule has 2 rings (SSSR count). The van der Waals surface area contributed by atoms with Gasteiger partial charge in [-0.2, -0.15) is 0 Å². The molecule has 1 aromatic carbocycles. The van der Waals surface area contributed by atoms with Crippen LogP contribution in [-0.2, 0) is 11.2 Å². The SMILES string of the molecule is COc1ccc(OC)c(-n2cnc(CC(=O)O)c2)c1. The van der Waals surface area contributed by atoms with Crippen molar-refractivity contribution in [1.82, 2.24) is 9.55 Å². The van der Waals surface area contributed by atoms with Gasteiger partial charge in [-0.05, 0) is 12.1 Å². The molecule has 6 nitrogen and oxygen atoms in total. The van der Waals surface area contributed by atoms with Gasteiger partial charge in [0.25, 0.3) is 0 Å². The van der Waals surface area contributed by atoms with Gasteiger partial charge < -0.3 is 19.1 Å². The van der Waals surface area contributed by atoms with Crippen molar-refractivity contribution in [2.24, 2.45) is 0 Å². The number of carboxylic acid groups (broad SMARTS) is 1. The molecule has 0 saturated heterocycles. The number of benzene rings is 1. The second kappa shape index (κ2) is 5.43. The highest BCUT2D eigenvalue weighted by Gasteiger charge is 2.10. The monoisotopic (exact) mass is 262 g/mol. The second-order valence-corrected chi connectivity index (χ2v) is 3.88. The molecule has 0 bridgehead atoms. The first-order chi connectivity index (χ1) is 9.13. The Kier molecular flexibility index (Phi) is 3.70. The summed E-state index contributed by atoms with van der Waals surface area (Å²) in [7, 11) is 3.15. The van der Waals surface area contributed by atoms with Crippen molar-refractivity contribution in [2.75, 3.05) is 14.2 Å². The quantitative estimate of drug-likeness (QED) is 0.884. The highest BCUT2D eigenvalue weighted by molar-refractivity contribution is 5.69. The average Bonchev–Trinajstić information content (AvgIpc) is 2.85. The van der Waals surface area contributed by atoms with E-state index in [-0.39, 0.29) is 6.42 Å². The van der Waals surface area contributed by atoms with Crippen LogP contribution in [0.3, 0.4) is 0 Å². The van der Waals surface area contributed by atoms with E-state index in [4.69, 9.17) is 14.6 Å². The van der Waals surface area contributed by atoms with Crippen LogP contribution in [0.4, 0.5) is 0 Å². The van der Waals surface area contributed by atoms with E-state index in [0.29, 0.717) is 17.2 Å². The van der Waals surface area contributed by atoms with Crippen LogP contribution >= 0.6 is 0 Å². The van der Waals surface area contributed by atoms with Gasteiger partial charge in [-0.3, -0.25) is 4.79 Å². The Morgan fingerprint density at radius 1 is 1.37 bits per heavy atom. The molecule has 0 aliphatic carbocycles. The molecule has 0 radical (unpaired) electrons. The zero-order valence-electron chi connectivity index (χ0n) is 10.7. The van der Waals surface area contributed by atoms with Crippen molar-refractivity contribution in [2.45, 2.75) is 6.42 Å². The molecule has 0 aliphatic rings. The number of aliphatic carboxylic acids is 1. The normalized spacial score (nSPS) is 10.2. The van der Waals surface area contributed by atoms with Crippen LogP contribution in [0.25, 0.3) is 5.69 Å². The Bertz CT molecular complexity index is 592. The van der Waals surface area contributed by atoms with Crippen LogP contribution in [0.1, 0.15) is 5.69 Å². The van der Waals surface area contributed by atoms with Gasteiger partial charge in [0.2, 0.25) is 0 Å². The summed E-state index contributed by atoms with van der Waals surface area (Å²) in [5, 5.41) is 8.74. The van der Waals surface area contributed by atoms with Crippen molar-refractivity contribution >= 4 is 5.97 Å². The van der Waals surface area contributed by atoms with Crippen molar-refractivity contribution in [3.8, 4) is 17.2 Å². The molecule has 1 N–H and O–H groups in total. The highest BCUT2D eigenvalue weighted by atomic mass is 16.5. The van der Waals surface area contributed by atoms with E-state index in [1.165, 1.54) is 0 Å². The lowest BCUT2D eigenvalue weighted by atomic mass is 10.2. The molecule has 19 heavy (non-hydrogen) atoms. The van der Waals surface area contributed by atoms with Gasteiger partial charge in [-0.15, -0.1) is 0 Å². The van der Waals surface area contributed by atoms with Crippen LogP contribution < -0.4 is 9.47 Å². The van der Waals surface area contributed by atoms with Crippen LogP contribution in [-0.4, -0.2) is 34.8 Å². The molecule has 0 saturated carbocycles. The lowest BCUT2D eigenvalue weighted by Gasteiger charge is -2.10. The highest BCUT2D eigenvalue weighted by Crippen LogP contribution is 2.27. The number of imidazole rings is 1. The number of ether oxygens (including phenoxy) is 2. The van der Waals surface area contributed by atoms with Crippen LogP contribution in [0.5, 0.6) is 11.5 Å². The lowest BCUT2D eigenvalue weighted by Crippen LogP contribution is -2.00. The number of nitrogens with zero attached hydrogens (tertiary/aromatic N) is 2. The van der Waals surface area contributed by atoms with E-state index in [1.54, 1.807) is 49.5 Å². The Hall–Kier alpha value is -2.50. The third-order valence-corrected chi connectivity index (χ3v) is 2.63. The van der Waals surface area contributed by atoms with E-state index < -0.39 is 5.97 Å².